The number of para-hydroxylation sites is 1. The molecule has 0 saturated heterocycles. The third-order valence-corrected chi connectivity index (χ3v) is 4.45. The Balaban J connectivity index is 2.03. The fourth-order valence-electron chi connectivity index (χ4n) is 2.22. The largest absolute Gasteiger partial charge is 0.366 e. The predicted octanol–water partition coefficient (Wildman–Crippen LogP) is 3.13. The Hall–Kier alpha value is -2.15. The smallest absolute Gasteiger partial charge is 0.250 e. The number of rotatable bonds is 8. The molecule has 7 heteroatoms. The number of amides is 2. The van der Waals surface area contributed by atoms with Crippen molar-refractivity contribution in [3.8, 4) is 0 Å². The third-order valence-electron chi connectivity index (χ3n) is 3.23. The molecule has 0 bridgehead atoms. The number of hydrogen-bond acceptors (Lipinski definition) is 4. The van der Waals surface area contributed by atoms with Gasteiger partial charge in [-0.3, -0.25) is 14.5 Å². The second-order valence-electron chi connectivity index (χ2n) is 5.12. The summed E-state index contributed by atoms with van der Waals surface area (Å²) in [6, 6.07) is 10.4. The summed E-state index contributed by atoms with van der Waals surface area (Å²) < 4.78 is 0.711. The van der Waals surface area contributed by atoms with Crippen molar-refractivity contribution in [3.05, 3.63) is 63.8 Å². The lowest BCUT2D eigenvalue weighted by Gasteiger charge is -2.19. The van der Waals surface area contributed by atoms with Gasteiger partial charge < -0.3 is 11.1 Å². The Kier molecular flexibility index (Phi) is 6.54. The lowest BCUT2D eigenvalue weighted by Crippen LogP contribution is -2.33. The maximum atomic E-state index is 12.3. The number of carbonyl (C=O) groups is 2. The van der Waals surface area contributed by atoms with Gasteiger partial charge in [0.05, 0.1) is 22.1 Å². The van der Waals surface area contributed by atoms with Crippen molar-refractivity contribution >= 4 is 40.4 Å². The molecule has 1 aromatic heterocycles. The maximum Gasteiger partial charge on any atom is 0.250 e. The van der Waals surface area contributed by atoms with Gasteiger partial charge >= 0.3 is 0 Å². The second kappa shape index (κ2) is 8.63. The average molecular weight is 364 g/mol. The van der Waals surface area contributed by atoms with Gasteiger partial charge in [-0.15, -0.1) is 17.9 Å². The van der Waals surface area contributed by atoms with E-state index >= 15 is 0 Å². The Morgan fingerprint density at radius 2 is 2.04 bits per heavy atom. The number of benzene rings is 1. The first-order valence-corrected chi connectivity index (χ1v) is 8.45. The van der Waals surface area contributed by atoms with Gasteiger partial charge in [-0.2, -0.15) is 0 Å². The molecule has 0 aliphatic rings. The topological polar surface area (TPSA) is 75.4 Å². The highest BCUT2D eigenvalue weighted by Gasteiger charge is 2.14. The third kappa shape index (κ3) is 5.19. The van der Waals surface area contributed by atoms with Crippen LogP contribution in [0.25, 0.3) is 0 Å². The monoisotopic (exact) mass is 363 g/mol. The minimum absolute atomic E-state index is 0.161. The zero-order chi connectivity index (χ0) is 17.5. The quantitative estimate of drug-likeness (QED) is 0.707. The first-order chi connectivity index (χ1) is 11.5. The van der Waals surface area contributed by atoms with Crippen LogP contribution in [0.5, 0.6) is 0 Å². The molecule has 0 saturated carbocycles. The molecule has 24 heavy (non-hydrogen) atoms. The number of thiophene rings is 1. The molecule has 0 spiro atoms. The first kappa shape index (κ1) is 18.2. The lowest BCUT2D eigenvalue weighted by molar-refractivity contribution is -0.117. The first-order valence-electron chi connectivity index (χ1n) is 7.25. The molecule has 0 aliphatic heterocycles. The molecule has 2 amide bonds. The summed E-state index contributed by atoms with van der Waals surface area (Å²) in [5, 5.41) is 2.73. The highest BCUT2D eigenvalue weighted by atomic mass is 35.5. The van der Waals surface area contributed by atoms with Gasteiger partial charge in [-0.1, -0.05) is 29.8 Å². The summed E-state index contributed by atoms with van der Waals surface area (Å²) in [5.41, 5.74) is 6.01. The number of nitrogens with zero attached hydrogens (tertiary/aromatic N) is 1. The Labute approximate surface area is 149 Å². The van der Waals surface area contributed by atoms with Crippen LogP contribution in [0.3, 0.4) is 0 Å². The van der Waals surface area contributed by atoms with Gasteiger partial charge in [0.1, 0.15) is 0 Å². The van der Waals surface area contributed by atoms with Crippen molar-refractivity contribution in [3.63, 3.8) is 0 Å². The summed E-state index contributed by atoms with van der Waals surface area (Å²) in [6.07, 6.45) is 1.74. The van der Waals surface area contributed by atoms with Crippen LogP contribution in [0, 0.1) is 0 Å². The van der Waals surface area contributed by atoms with Crippen molar-refractivity contribution in [1.82, 2.24) is 4.90 Å². The summed E-state index contributed by atoms with van der Waals surface area (Å²) in [6.45, 7) is 5.03. The molecular formula is C17H18ClN3O2S. The molecule has 2 aromatic rings. The minimum atomic E-state index is -0.581. The van der Waals surface area contributed by atoms with Crippen molar-refractivity contribution in [2.24, 2.45) is 5.73 Å². The normalized spacial score (nSPS) is 10.6. The van der Waals surface area contributed by atoms with E-state index < -0.39 is 5.91 Å². The fraction of sp³-hybridized carbons (Fsp3) is 0.176. The van der Waals surface area contributed by atoms with E-state index in [4.69, 9.17) is 17.3 Å². The van der Waals surface area contributed by atoms with E-state index in [0.717, 1.165) is 4.88 Å². The van der Waals surface area contributed by atoms with Crippen LogP contribution in [-0.2, 0) is 11.3 Å². The summed E-state index contributed by atoms with van der Waals surface area (Å²) >= 11 is 7.41. The van der Waals surface area contributed by atoms with E-state index in [1.807, 2.05) is 17.0 Å². The Bertz CT molecular complexity index is 745. The Morgan fingerprint density at radius 1 is 1.29 bits per heavy atom. The van der Waals surface area contributed by atoms with E-state index in [2.05, 4.69) is 11.9 Å². The summed E-state index contributed by atoms with van der Waals surface area (Å²) in [5.74, 6) is -0.810. The van der Waals surface area contributed by atoms with Gasteiger partial charge in [0.15, 0.2) is 0 Å². The molecule has 0 radical (unpaired) electrons. The highest BCUT2D eigenvalue weighted by molar-refractivity contribution is 7.16. The number of primary amides is 1. The molecule has 0 unspecified atom stereocenters. The average Bonchev–Trinajstić information content (AvgIpc) is 2.92. The Morgan fingerprint density at radius 3 is 2.67 bits per heavy atom. The number of nitrogens with two attached hydrogens (primary N) is 1. The number of carbonyl (C=O) groups excluding carboxylic acids is 2. The predicted molar refractivity (Wildman–Crippen MR) is 98.4 cm³/mol. The minimum Gasteiger partial charge on any atom is -0.366 e. The SMILES string of the molecule is C=CCN(CC(=O)Nc1ccccc1C(N)=O)Cc1ccc(Cl)s1. The number of nitrogens with one attached hydrogen (secondary N) is 1. The van der Waals surface area contributed by atoms with Crippen LogP contribution in [0.1, 0.15) is 15.2 Å². The molecular weight excluding hydrogens is 346 g/mol. The van der Waals surface area contributed by atoms with Crippen LogP contribution in [0.4, 0.5) is 5.69 Å². The van der Waals surface area contributed by atoms with Gasteiger partial charge in [-0.25, -0.2) is 0 Å². The zero-order valence-electron chi connectivity index (χ0n) is 13.0. The molecule has 0 atom stereocenters. The molecule has 0 fully saturated rings. The van der Waals surface area contributed by atoms with Crippen LogP contribution in [-0.4, -0.2) is 29.8 Å². The molecule has 3 N–H and O–H groups in total. The van der Waals surface area contributed by atoms with E-state index in [9.17, 15) is 9.59 Å². The second-order valence-corrected chi connectivity index (χ2v) is 6.92. The number of hydrogen-bond donors (Lipinski definition) is 2. The number of halogens is 1. The summed E-state index contributed by atoms with van der Waals surface area (Å²) in [7, 11) is 0. The molecule has 5 nitrogen and oxygen atoms in total. The van der Waals surface area contributed by atoms with Crippen LogP contribution >= 0.6 is 22.9 Å². The molecule has 126 valence electrons. The van der Waals surface area contributed by atoms with Gasteiger partial charge in [0.25, 0.3) is 5.91 Å². The van der Waals surface area contributed by atoms with Crippen LogP contribution in [0.2, 0.25) is 4.34 Å². The lowest BCUT2D eigenvalue weighted by atomic mass is 10.1. The van der Waals surface area contributed by atoms with Crippen molar-refractivity contribution < 1.29 is 9.59 Å². The molecule has 1 aromatic carbocycles. The van der Waals surface area contributed by atoms with Crippen molar-refractivity contribution in [1.29, 1.82) is 0 Å². The standard InChI is InChI=1S/C17H18ClN3O2S/c1-2-9-21(10-12-7-8-15(18)24-12)11-16(22)20-14-6-4-3-5-13(14)17(19)23/h2-8H,1,9-11H2,(H2,19,23)(H,20,22). The molecule has 0 aliphatic carbocycles. The van der Waals surface area contributed by atoms with E-state index in [0.29, 0.717) is 23.1 Å². The fourth-order valence-corrected chi connectivity index (χ4v) is 3.35. The van der Waals surface area contributed by atoms with Gasteiger partial charge in [0.2, 0.25) is 5.91 Å². The van der Waals surface area contributed by atoms with E-state index in [1.54, 1.807) is 30.3 Å². The van der Waals surface area contributed by atoms with Crippen molar-refractivity contribution in [2.75, 3.05) is 18.4 Å². The van der Waals surface area contributed by atoms with Crippen LogP contribution < -0.4 is 11.1 Å². The molecule has 2 rings (SSSR count). The summed E-state index contributed by atoms with van der Waals surface area (Å²) in [4.78, 5) is 26.7. The van der Waals surface area contributed by atoms with E-state index in [-0.39, 0.29) is 18.0 Å². The number of anilines is 1. The maximum absolute atomic E-state index is 12.3. The molecule has 1 heterocycles. The van der Waals surface area contributed by atoms with E-state index in [1.165, 1.54) is 11.3 Å². The highest BCUT2D eigenvalue weighted by Crippen LogP contribution is 2.22. The van der Waals surface area contributed by atoms with Gasteiger partial charge in [-0.05, 0) is 24.3 Å². The zero-order valence-corrected chi connectivity index (χ0v) is 14.6. The van der Waals surface area contributed by atoms with Crippen LogP contribution in [0.15, 0.2) is 49.1 Å². The van der Waals surface area contributed by atoms with Gasteiger partial charge in [0, 0.05) is 18.0 Å². The van der Waals surface area contributed by atoms with Crippen molar-refractivity contribution in [2.45, 2.75) is 6.54 Å².